The van der Waals surface area contributed by atoms with Gasteiger partial charge in [-0.25, -0.2) is 4.79 Å². The van der Waals surface area contributed by atoms with Gasteiger partial charge in [0.15, 0.2) is 0 Å². The maximum atomic E-state index is 12.0. The van der Waals surface area contributed by atoms with E-state index in [2.05, 4.69) is 0 Å². The molecule has 0 saturated heterocycles. The molecule has 0 unspecified atom stereocenters. The Morgan fingerprint density at radius 1 is 1.18 bits per heavy atom. The smallest absolute Gasteiger partial charge is 0.296 e. The van der Waals surface area contributed by atoms with Gasteiger partial charge in [0.2, 0.25) is 0 Å². The van der Waals surface area contributed by atoms with E-state index in [0.29, 0.717) is 12.6 Å². The summed E-state index contributed by atoms with van der Waals surface area (Å²) in [5.74, 6) is 0. The van der Waals surface area contributed by atoms with Crippen LogP contribution in [-0.2, 0) is 6.54 Å². The second-order valence-electron chi connectivity index (χ2n) is 4.47. The third kappa shape index (κ3) is 2.15. The Morgan fingerprint density at radius 3 is 2.53 bits per heavy atom. The topological polar surface area (TPSA) is 26.9 Å². The molecule has 1 aromatic heterocycles. The predicted molar refractivity (Wildman–Crippen MR) is 67.5 cm³/mol. The van der Waals surface area contributed by atoms with Gasteiger partial charge in [0.25, 0.3) is 0 Å². The van der Waals surface area contributed by atoms with E-state index in [9.17, 15) is 4.79 Å². The van der Waals surface area contributed by atoms with Gasteiger partial charge in [0, 0.05) is 23.5 Å². The Labute approximate surface area is 104 Å². The Hall–Kier alpha value is -1.48. The highest BCUT2D eigenvalue weighted by Crippen LogP contribution is 2.33. The van der Waals surface area contributed by atoms with Crippen LogP contribution in [0.25, 0.3) is 0 Å². The van der Waals surface area contributed by atoms with Crippen LogP contribution >= 0.6 is 11.6 Å². The fraction of sp³-hybridized carbons (Fsp3) is 0.308. The van der Waals surface area contributed by atoms with E-state index >= 15 is 0 Å². The van der Waals surface area contributed by atoms with Crippen molar-refractivity contribution in [3.63, 3.8) is 0 Å². The van der Waals surface area contributed by atoms with Gasteiger partial charge in [-0.15, -0.1) is 0 Å². The molecule has 1 aliphatic rings. The minimum absolute atomic E-state index is 0.0856. The Balaban J connectivity index is 1.85. The zero-order chi connectivity index (χ0) is 11.8. The van der Waals surface area contributed by atoms with Crippen molar-refractivity contribution in [3.8, 4) is 0 Å². The maximum Gasteiger partial charge on any atom is 0.328 e. The molecule has 0 N–H and O–H groups in total. The zero-order valence-electron chi connectivity index (χ0n) is 9.34. The van der Waals surface area contributed by atoms with Crippen molar-refractivity contribution < 1.29 is 0 Å². The number of benzene rings is 1. The number of aromatic nitrogens is 2. The second kappa shape index (κ2) is 4.08. The third-order valence-electron chi connectivity index (χ3n) is 3.08. The molecule has 0 amide bonds. The van der Waals surface area contributed by atoms with Crippen LogP contribution in [0.5, 0.6) is 0 Å². The van der Waals surface area contributed by atoms with Gasteiger partial charge in [-0.05, 0) is 30.5 Å². The number of hydrogen-bond donors (Lipinski definition) is 0. The first kappa shape index (κ1) is 10.7. The van der Waals surface area contributed by atoms with Crippen LogP contribution in [0.15, 0.2) is 41.5 Å². The van der Waals surface area contributed by atoms with Gasteiger partial charge < -0.3 is 0 Å². The monoisotopic (exact) mass is 248 g/mol. The number of imidazole rings is 1. The number of halogens is 1. The van der Waals surface area contributed by atoms with Gasteiger partial charge in [-0.1, -0.05) is 23.7 Å². The lowest BCUT2D eigenvalue weighted by Crippen LogP contribution is -2.23. The van der Waals surface area contributed by atoms with Crippen LogP contribution in [0, 0.1) is 0 Å². The largest absolute Gasteiger partial charge is 0.328 e. The third-order valence-corrected chi connectivity index (χ3v) is 3.33. The molecule has 1 aromatic carbocycles. The average Bonchev–Trinajstić information content (AvgIpc) is 3.10. The fourth-order valence-electron chi connectivity index (χ4n) is 1.97. The molecule has 2 aromatic rings. The van der Waals surface area contributed by atoms with E-state index < -0.39 is 0 Å². The van der Waals surface area contributed by atoms with Crippen molar-refractivity contribution in [2.45, 2.75) is 25.4 Å². The van der Waals surface area contributed by atoms with Gasteiger partial charge in [0.05, 0.1) is 6.54 Å². The molecule has 17 heavy (non-hydrogen) atoms. The summed E-state index contributed by atoms with van der Waals surface area (Å²) in [5.41, 5.74) is 1.17. The Morgan fingerprint density at radius 2 is 1.88 bits per heavy atom. The van der Waals surface area contributed by atoms with Crippen LogP contribution < -0.4 is 5.69 Å². The van der Waals surface area contributed by atoms with E-state index in [4.69, 9.17) is 11.6 Å². The lowest BCUT2D eigenvalue weighted by molar-refractivity contribution is 0.656. The highest BCUT2D eigenvalue weighted by Gasteiger charge is 2.25. The van der Waals surface area contributed by atoms with Crippen molar-refractivity contribution in [1.29, 1.82) is 0 Å². The fourth-order valence-corrected chi connectivity index (χ4v) is 2.09. The Kier molecular flexibility index (Phi) is 2.56. The molecule has 3 rings (SSSR count). The van der Waals surface area contributed by atoms with E-state index in [1.807, 2.05) is 41.2 Å². The first-order chi connectivity index (χ1) is 8.24. The van der Waals surface area contributed by atoms with Crippen LogP contribution in [0.1, 0.15) is 24.4 Å². The van der Waals surface area contributed by atoms with E-state index in [1.165, 1.54) is 0 Å². The highest BCUT2D eigenvalue weighted by atomic mass is 35.5. The minimum atomic E-state index is 0.0856. The molecule has 3 nitrogen and oxygen atoms in total. The minimum Gasteiger partial charge on any atom is -0.296 e. The summed E-state index contributed by atoms with van der Waals surface area (Å²) in [6.45, 7) is 0.607. The molecule has 1 heterocycles. The first-order valence-corrected chi connectivity index (χ1v) is 6.13. The summed E-state index contributed by atoms with van der Waals surface area (Å²) in [5, 5.41) is 0.719. The van der Waals surface area contributed by atoms with Gasteiger partial charge in [0.1, 0.15) is 0 Å². The molecular weight excluding hydrogens is 236 g/mol. The van der Waals surface area contributed by atoms with Crippen LogP contribution in [-0.4, -0.2) is 9.13 Å². The van der Waals surface area contributed by atoms with Crippen LogP contribution in [0.2, 0.25) is 5.02 Å². The average molecular weight is 249 g/mol. The van der Waals surface area contributed by atoms with Crippen molar-refractivity contribution in [3.05, 3.63) is 57.7 Å². The quantitative estimate of drug-likeness (QED) is 0.821. The van der Waals surface area contributed by atoms with Crippen molar-refractivity contribution in [2.24, 2.45) is 0 Å². The van der Waals surface area contributed by atoms with E-state index in [1.54, 1.807) is 4.57 Å². The standard InChI is InChI=1S/C13H13ClN2O/c14-11-3-1-10(2-4-11)9-15-7-8-16(13(15)17)12-5-6-12/h1-4,7-8,12H,5-6,9H2. The van der Waals surface area contributed by atoms with Gasteiger partial charge in [-0.2, -0.15) is 0 Å². The summed E-state index contributed by atoms with van der Waals surface area (Å²) in [4.78, 5) is 12.0. The summed E-state index contributed by atoms with van der Waals surface area (Å²) < 4.78 is 3.57. The van der Waals surface area contributed by atoms with Crippen molar-refractivity contribution >= 4 is 11.6 Å². The zero-order valence-corrected chi connectivity index (χ0v) is 10.1. The molecule has 1 saturated carbocycles. The first-order valence-electron chi connectivity index (χ1n) is 5.76. The molecule has 0 bridgehead atoms. The van der Waals surface area contributed by atoms with Gasteiger partial charge in [-0.3, -0.25) is 9.13 Å². The summed E-state index contributed by atoms with van der Waals surface area (Å²) in [6.07, 6.45) is 6.00. The number of nitrogens with zero attached hydrogens (tertiary/aromatic N) is 2. The van der Waals surface area contributed by atoms with Crippen LogP contribution in [0.3, 0.4) is 0 Å². The number of rotatable bonds is 3. The number of hydrogen-bond acceptors (Lipinski definition) is 1. The predicted octanol–water partition coefficient (Wildman–Crippen LogP) is 2.69. The lowest BCUT2D eigenvalue weighted by Gasteiger charge is -2.02. The van der Waals surface area contributed by atoms with Crippen molar-refractivity contribution in [1.82, 2.24) is 9.13 Å². The van der Waals surface area contributed by atoms with Crippen molar-refractivity contribution in [2.75, 3.05) is 0 Å². The molecule has 0 atom stereocenters. The molecule has 88 valence electrons. The second-order valence-corrected chi connectivity index (χ2v) is 4.91. The van der Waals surface area contributed by atoms with E-state index in [0.717, 1.165) is 23.4 Å². The van der Waals surface area contributed by atoms with Crippen LogP contribution in [0.4, 0.5) is 0 Å². The molecule has 0 aliphatic heterocycles. The van der Waals surface area contributed by atoms with Gasteiger partial charge >= 0.3 is 5.69 Å². The highest BCUT2D eigenvalue weighted by molar-refractivity contribution is 6.30. The summed E-state index contributed by atoms with van der Waals surface area (Å²) in [7, 11) is 0. The molecule has 1 aliphatic carbocycles. The lowest BCUT2D eigenvalue weighted by atomic mass is 10.2. The van der Waals surface area contributed by atoms with E-state index in [-0.39, 0.29) is 5.69 Å². The normalized spacial score (nSPS) is 15.1. The molecular formula is C13H13ClN2O. The summed E-state index contributed by atoms with van der Waals surface area (Å²) >= 11 is 5.83. The molecule has 4 heteroatoms. The maximum absolute atomic E-state index is 12.0. The molecule has 0 spiro atoms. The molecule has 1 fully saturated rings. The summed E-state index contributed by atoms with van der Waals surface area (Å²) in [6, 6.07) is 8.03. The SMILES string of the molecule is O=c1n(Cc2ccc(Cl)cc2)ccn1C1CC1. The Bertz CT molecular complexity index is 578. The molecule has 0 radical (unpaired) electrons.